The van der Waals surface area contributed by atoms with Gasteiger partial charge in [0.1, 0.15) is 17.7 Å². The van der Waals surface area contributed by atoms with Crippen molar-refractivity contribution in [3.63, 3.8) is 0 Å². The Morgan fingerprint density at radius 2 is 1.89 bits per heavy atom. The predicted molar refractivity (Wildman–Crippen MR) is 64.1 cm³/mol. The number of pyridine rings is 1. The highest BCUT2D eigenvalue weighted by Crippen LogP contribution is 2.17. The maximum absolute atomic E-state index is 13.0. The molecule has 0 aliphatic heterocycles. The molecular weight excluding hydrogens is 234 g/mol. The van der Waals surface area contributed by atoms with E-state index in [-0.39, 0.29) is 11.1 Å². The molecule has 0 atom stereocenters. The second kappa shape index (κ2) is 5.19. The van der Waals surface area contributed by atoms with Gasteiger partial charge in [-0.2, -0.15) is 5.26 Å². The summed E-state index contributed by atoms with van der Waals surface area (Å²) in [4.78, 5) is 4.01. The van der Waals surface area contributed by atoms with Gasteiger partial charge >= 0.3 is 0 Å². The molecule has 88 valence electrons. The topological polar surface area (TPSA) is 36.7 Å². The first kappa shape index (κ1) is 11.9. The lowest BCUT2D eigenvalue weighted by Gasteiger charge is -1.99. The van der Waals surface area contributed by atoms with Crippen molar-refractivity contribution in [2.45, 2.75) is 0 Å². The summed E-state index contributed by atoms with van der Waals surface area (Å²) in [5.74, 6) is -1.36. The van der Waals surface area contributed by atoms with Crippen molar-refractivity contribution in [3.05, 3.63) is 65.5 Å². The highest BCUT2D eigenvalue weighted by Gasteiger charge is 2.03. The number of nitrogens with zero attached hydrogens (tertiary/aromatic N) is 2. The molecule has 0 fully saturated rings. The summed E-state index contributed by atoms with van der Waals surface area (Å²) in [5.41, 5.74) is 1.000. The number of halogens is 2. The largest absolute Gasteiger partial charge is 0.256 e. The summed E-state index contributed by atoms with van der Waals surface area (Å²) < 4.78 is 26.0. The van der Waals surface area contributed by atoms with Crippen LogP contribution in [0.15, 0.2) is 42.6 Å². The van der Waals surface area contributed by atoms with Crippen molar-refractivity contribution < 1.29 is 8.78 Å². The third-order valence-electron chi connectivity index (χ3n) is 2.26. The fourth-order valence-electron chi connectivity index (χ4n) is 1.51. The van der Waals surface area contributed by atoms with Gasteiger partial charge in [-0.1, -0.05) is 6.07 Å². The summed E-state index contributed by atoms with van der Waals surface area (Å²) in [5, 5.41) is 9.03. The van der Waals surface area contributed by atoms with Gasteiger partial charge in [0.05, 0.1) is 11.3 Å². The Balaban J connectivity index is 2.45. The van der Waals surface area contributed by atoms with E-state index in [0.717, 1.165) is 18.2 Å². The molecule has 2 aromatic rings. The Labute approximate surface area is 103 Å². The van der Waals surface area contributed by atoms with Crippen LogP contribution >= 0.6 is 0 Å². The van der Waals surface area contributed by atoms with Gasteiger partial charge in [0.25, 0.3) is 0 Å². The van der Waals surface area contributed by atoms with Crippen LogP contribution in [0.1, 0.15) is 11.3 Å². The number of rotatable bonds is 2. The Bertz CT molecular complexity index is 608. The van der Waals surface area contributed by atoms with E-state index in [1.807, 2.05) is 6.07 Å². The molecule has 2 nitrogen and oxygen atoms in total. The van der Waals surface area contributed by atoms with Crippen molar-refractivity contribution in [2.24, 2.45) is 0 Å². The second-order valence-electron chi connectivity index (χ2n) is 3.59. The molecule has 0 radical (unpaired) electrons. The second-order valence-corrected chi connectivity index (χ2v) is 3.59. The average Bonchev–Trinajstić information content (AvgIpc) is 2.36. The van der Waals surface area contributed by atoms with Crippen molar-refractivity contribution in [3.8, 4) is 6.07 Å². The number of allylic oxidation sites excluding steroid dienone is 1. The predicted octanol–water partition coefficient (Wildman–Crippen LogP) is 3.42. The molecule has 0 N–H and O–H groups in total. The first-order valence-electron chi connectivity index (χ1n) is 5.18. The third kappa shape index (κ3) is 2.77. The van der Waals surface area contributed by atoms with E-state index in [1.54, 1.807) is 24.4 Å². The van der Waals surface area contributed by atoms with Crippen LogP contribution in [0.5, 0.6) is 0 Å². The monoisotopic (exact) mass is 242 g/mol. The van der Waals surface area contributed by atoms with E-state index in [4.69, 9.17) is 5.26 Å². The van der Waals surface area contributed by atoms with Gasteiger partial charge < -0.3 is 0 Å². The standard InChI is InChI=1S/C14H8F2N2/c15-12-6-10(7-13(16)8-12)5-11(9-17)14-3-1-2-4-18-14/h1-8H/b11-5-. The minimum atomic E-state index is -0.681. The number of hydrogen-bond donors (Lipinski definition) is 0. The van der Waals surface area contributed by atoms with Gasteiger partial charge in [0.2, 0.25) is 0 Å². The van der Waals surface area contributed by atoms with E-state index in [0.29, 0.717) is 5.69 Å². The summed E-state index contributed by atoms with van der Waals surface area (Å²) in [7, 11) is 0. The molecule has 4 heteroatoms. The average molecular weight is 242 g/mol. The van der Waals surface area contributed by atoms with Crippen LogP contribution in [0, 0.1) is 23.0 Å². The Kier molecular flexibility index (Phi) is 3.44. The number of hydrogen-bond acceptors (Lipinski definition) is 2. The Hall–Kier alpha value is -2.54. The lowest BCUT2D eigenvalue weighted by molar-refractivity contribution is 0.583. The first-order chi connectivity index (χ1) is 8.69. The first-order valence-corrected chi connectivity index (χ1v) is 5.18. The third-order valence-corrected chi connectivity index (χ3v) is 2.26. The van der Waals surface area contributed by atoms with Crippen LogP contribution in [0.4, 0.5) is 8.78 Å². The zero-order valence-electron chi connectivity index (χ0n) is 9.27. The minimum Gasteiger partial charge on any atom is -0.256 e. The normalized spacial score (nSPS) is 11.1. The van der Waals surface area contributed by atoms with Crippen LogP contribution < -0.4 is 0 Å². The van der Waals surface area contributed by atoms with Crippen LogP contribution in [0.2, 0.25) is 0 Å². The molecule has 18 heavy (non-hydrogen) atoms. The van der Waals surface area contributed by atoms with Crippen LogP contribution in [0.3, 0.4) is 0 Å². The van der Waals surface area contributed by atoms with Gasteiger partial charge in [0.15, 0.2) is 0 Å². The molecule has 0 saturated heterocycles. The summed E-state index contributed by atoms with van der Waals surface area (Å²) in [6.45, 7) is 0. The fraction of sp³-hybridized carbons (Fsp3) is 0. The SMILES string of the molecule is N#C/C(=C/c1cc(F)cc(F)c1)c1ccccn1. The maximum Gasteiger partial charge on any atom is 0.126 e. The lowest BCUT2D eigenvalue weighted by Crippen LogP contribution is -1.87. The molecule has 0 spiro atoms. The summed E-state index contributed by atoms with van der Waals surface area (Å²) >= 11 is 0. The van der Waals surface area contributed by atoms with Crippen molar-refractivity contribution in [1.29, 1.82) is 5.26 Å². The van der Waals surface area contributed by atoms with Gasteiger partial charge in [-0.05, 0) is 35.9 Å². The lowest BCUT2D eigenvalue weighted by atomic mass is 10.1. The van der Waals surface area contributed by atoms with Crippen LogP contribution in [-0.2, 0) is 0 Å². The molecule has 0 aliphatic carbocycles. The molecule has 1 heterocycles. The molecule has 2 rings (SSSR count). The van der Waals surface area contributed by atoms with E-state index in [2.05, 4.69) is 4.98 Å². The highest BCUT2D eigenvalue weighted by atomic mass is 19.1. The van der Waals surface area contributed by atoms with Crippen molar-refractivity contribution in [1.82, 2.24) is 4.98 Å². The van der Waals surface area contributed by atoms with Crippen LogP contribution in [0.25, 0.3) is 11.6 Å². The number of benzene rings is 1. The smallest absolute Gasteiger partial charge is 0.126 e. The summed E-state index contributed by atoms with van der Waals surface area (Å²) in [6, 6.07) is 10.2. The number of aromatic nitrogens is 1. The van der Waals surface area contributed by atoms with E-state index in [1.165, 1.54) is 6.08 Å². The van der Waals surface area contributed by atoms with E-state index < -0.39 is 11.6 Å². The quantitative estimate of drug-likeness (QED) is 0.756. The molecule has 0 amide bonds. The zero-order chi connectivity index (χ0) is 13.0. The van der Waals surface area contributed by atoms with Crippen LogP contribution in [-0.4, -0.2) is 4.98 Å². The molecule has 0 aliphatic rings. The van der Waals surface area contributed by atoms with Gasteiger partial charge in [-0.25, -0.2) is 8.78 Å². The van der Waals surface area contributed by atoms with E-state index in [9.17, 15) is 8.78 Å². The molecule has 1 aromatic carbocycles. The van der Waals surface area contributed by atoms with E-state index >= 15 is 0 Å². The van der Waals surface area contributed by atoms with Gasteiger partial charge in [-0.3, -0.25) is 4.98 Å². The minimum absolute atomic E-state index is 0.251. The molecule has 1 aromatic heterocycles. The van der Waals surface area contributed by atoms with Crippen molar-refractivity contribution >= 4 is 11.6 Å². The Morgan fingerprint density at radius 3 is 2.44 bits per heavy atom. The number of nitriles is 1. The van der Waals surface area contributed by atoms with Gasteiger partial charge in [0, 0.05) is 12.3 Å². The Morgan fingerprint density at radius 1 is 1.17 bits per heavy atom. The molecule has 0 saturated carbocycles. The van der Waals surface area contributed by atoms with Crippen molar-refractivity contribution in [2.75, 3.05) is 0 Å². The van der Waals surface area contributed by atoms with Gasteiger partial charge in [-0.15, -0.1) is 0 Å². The zero-order valence-corrected chi connectivity index (χ0v) is 9.27. The molecular formula is C14H8F2N2. The molecule has 0 unspecified atom stereocenters. The summed E-state index contributed by atoms with van der Waals surface area (Å²) in [6.07, 6.45) is 2.95. The highest BCUT2D eigenvalue weighted by molar-refractivity contribution is 5.88. The molecule has 0 bridgehead atoms. The maximum atomic E-state index is 13.0. The fourth-order valence-corrected chi connectivity index (χ4v) is 1.51.